The van der Waals surface area contributed by atoms with Crippen LogP contribution in [-0.4, -0.2) is 28.6 Å². The maximum Gasteiger partial charge on any atom is 0.410 e. The van der Waals surface area contributed by atoms with E-state index in [1.807, 2.05) is 0 Å². The van der Waals surface area contributed by atoms with Gasteiger partial charge in [0.05, 0.1) is 22.1 Å². The molecule has 0 bridgehead atoms. The van der Waals surface area contributed by atoms with E-state index in [1.54, 1.807) is 26.8 Å². The highest BCUT2D eigenvalue weighted by molar-refractivity contribution is 6.31. The molecule has 1 rings (SSSR count). The first-order chi connectivity index (χ1) is 9.11. The first kappa shape index (κ1) is 16.2. The largest absolute Gasteiger partial charge is 0.444 e. The number of ether oxygens (including phenoxy) is 1. The van der Waals surface area contributed by atoms with Crippen LogP contribution in [0, 0.1) is 10.1 Å². The Morgan fingerprint density at radius 1 is 1.45 bits per heavy atom. The van der Waals surface area contributed by atoms with E-state index < -0.39 is 16.6 Å². The zero-order valence-electron chi connectivity index (χ0n) is 11.8. The van der Waals surface area contributed by atoms with Gasteiger partial charge in [-0.15, -0.1) is 0 Å². The Morgan fingerprint density at radius 2 is 2.05 bits per heavy atom. The molecule has 0 fully saturated rings. The molecule has 110 valence electrons. The van der Waals surface area contributed by atoms with Crippen LogP contribution in [0.1, 0.15) is 26.3 Å². The molecule has 6 nitrogen and oxygen atoms in total. The first-order valence-corrected chi connectivity index (χ1v) is 6.35. The third-order valence-electron chi connectivity index (χ3n) is 2.39. The lowest BCUT2D eigenvalue weighted by Gasteiger charge is -2.24. The van der Waals surface area contributed by atoms with E-state index in [2.05, 4.69) is 0 Å². The quantitative estimate of drug-likeness (QED) is 0.631. The van der Waals surface area contributed by atoms with Crippen molar-refractivity contribution in [1.82, 2.24) is 4.90 Å². The number of hydrogen-bond acceptors (Lipinski definition) is 4. The van der Waals surface area contributed by atoms with Crippen molar-refractivity contribution in [3.8, 4) is 0 Å². The summed E-state index contributed by atoms with van der Waals surface area (Å²) >= 11 is 5.97. The third-order valence-corrected chi connectivity index (χ3v) is 2.75. The number of hydrogen-bond donors (Lipinski definition) is 0. The van der Waals surface area contributed by atoms with Crippen LogP contribution < -0.4 is 0 Å². The minimum absolute atomic E-state index is 0.00486. The van der Waals surface area contributed by atoms with Crippen LogP contribution in [0.2, 0.25) is 5.02 Å². The molecule has 0 aliphatic rings. The predicted octanol–water partition coefficient (Wildman–Crippen LogP) is 3.62. The Balaban J connectivity index is 2.93. The highest BCUT2D eigenvalue weighted by atomic mass is 35.5. The molecule has 1 amide bonds. The van der Waals surface area contributed by atoms with Gasteiger partial charge in [0.2, 0.25) is 0 Å². The van der Waals surface area contributed by atoms with Gasteiger partial charge in [-0.25, -0.2) is 4.79 Å². The standard InChI is InChI=1S/C13H17ClN2O4/c1-13(2,3)20-12(17)15(4)8-9-10(14)6-5-7-11(9)16(18)19/h5-7H,8H2,1-4H3. The number of nitrogens with zero attached hydrogens (tertiary/aromatic N) is 2. The summed E-state index contributed by atoms with van der Waals surface area (Å²) < 4.78 is 5.19. The van der Waals surface area contributed by atoms with E-state index in [0.29, 0.717) is 0 Å². The summed E-state index contributed by atoms with van der Waals surface area (Å²) in [4.78, 5) is 23.5. The molecule has 1 aromatic rings. The molecule has 0 unspecified atom stereocenters. The molecule has 0 radical (unpaired) electrons. The van der Waals surface area contributed by atoms with E-state index in [-0.39, 0.29) is 22.8 Å². The van der Waals surface area contributed by atoms with Gasteiger partial charge in [-0.05, 0) is 26.8 Å². The minimum atomic E-state index is -0.627. The van der Waals surface area contributed by atoms with Crippen LogP contribution in [0.15, 0.2) is 18.2 Å². The summed E-state index contributed by atoms with van der Waals surface area (Å²) in [5.74, 6) is 0. The molecule has 0 aliphatic carbocycles. The van der Waals surface area contributed by atoms with Crippen LogP contribution in [-0.2, 0) is 11.3 Å². The van der Waals surface area contributed by atoms with Gasteiger partial charge >= 0.3 is 6.09 Å². The van der Waals surface area contributed by atoms with Crippen molar-refractivity contribution in [3.05, 3.63) is 38.9 Å². The van der Waals surface area contributed by atoms with Crippen LogP contribution in [0.4, 0.5) is 10.5 Å². The second-order valence-electron chi connectivity index (χ2n) is 5.33. The van der Waals surface area contributed by atoms with Crippen molar-refractivity contribution < 1.29 is 14.5 Å². The average Bonchev–Trinajstić information content (AvgIpc) is 2.28. The molecule has 0 atom stereocenters. The smallest absolute Gasteiger partial charge is 0.410 e. The maximum atomic E-state index is 11.8. The number of rotatable bonds is 3. The summed E-state index contributed by atoms with van der Waals surface area (Å²) in [7, 11) is 1.50. The Bertz CT molecular complexity index is 526. The van der Waals surface area contributed by atoms with Crippen molar-refractivity contribution in [3.63, 3.8) is 0 Å². The lowest BCUT2D eigenvalue weighted by Crippen LogP contribution is -2.34. The second kappa shape index (κ2) is 6.09. The van der Waals surface area contributed by atoms with Crippen LogP contribution >= 0.6 is 11.6 Å². The normalized spacial score (nSPS) is 11.1. The fourth-order valence-electron chi connectivity index (χ4n) is 1.52. The number of nitro groups is 1. The Morgan fingerprint density at radius 3 is 2.55 bits per heavy atom. The van der Waals surface area contributed by atoms with Gasteiger partial charge in [-0.3, -0.25) is 10.1 Å². The molecular weight excluding hydrogens is 284 g/mol. The molecule has 0 aliphatic heterocycles. The summed E-state index contributed by atoms with van der Waals surface area (Å²) in [5.41, 5.74) is -0.460. The van der Waals surface area contributed by atoms with Crippen LogP contribution in [0.25, 0.3) is 0 Å². The van der Waals surface area contributed by atoms with Crippen LogP contribution in [0.5, 0.6) is 0 Å². The number of amides is 1. The van der Waals surface area contributed by atoms with Gasteiger partial charge in [0, 0.05) is 13.1 Å². The number of halogens is 1. The van der Waals surface area contributed by atoms with Crippen molar-refractivity contribution in [2.45, 2.75) is 32.9 Å². The molecule has 0 heterocycles. The highest BCUT2D eigenvalue weighted by Crippen LogP contribution is 2.27. The number of carbonyl (C=O) groups excluding carboxylic acids is 1. The topological polar surface area (TPSA) is 72.7 Å². The monoisotopic (exact) mass is 300 g/mol. The maximum absolute atomic E-state index is 11.8. The van der Waals surface area contributed by atoms with Crippen molar-refractivity contribution in [1.29, 1.82) is 0 Å². The van der Waals surface area contributed by atoms with Crippen molar-refractivity contribution in [2.75, 3.05) is 7.05 Å². The van der Waals surface area contributed by atoms with Gasteiger partial charge in [0.15, 0.2) is 0 Å². The molecule has 0 aromatic heterocycles. The molecule has 0 spiro atoms. The summed E-state index contributed by atoms with van der Waals surface area (Å²) in [5, 5.41) is 11.2. The van der Waals surface area contributed by atoms with Gasteiger partial charge in [-0.2, -0.15) is 0 Å². The first-order valence-electron chi connectivity index (χ1n) is 5.97. The molecule has 0 saturated carbocycles. The summed E-state index contributed by atoms with van der Waals surface area (Å²) in [6.45, 7) is 5.24. The van der Waals surface area contributed by atoms with E-state index in [0.717, 1.165) is 0 Å². The van der Waals surface area contributed by atoms with E-state index in [4.69, 9.17) is 16.3 Å². The van der Waals surface area contributed by atoms with E-state index in [1.165, 1.54) is 24.1 Å². The third kappa shape index (κ3) is 4.38. The Labute approximate surface area is 122 Å². The van der Waals surface area contributed by atoms with E-state index >= 15 is 0 Å². The number of carbonyl (C=O) groups is 1. The Hall–Kier alpha value is -1.82. The lowest BCUT2D eigenvalue weighted by molar-refractivity contribution is -0.385. The molecule has 20 heavy (non-hydrogen) atoms. The lowest BCUT2D eigenvalue weighted by atomic mass is 10.1. The fraction of sp³-hybridized carbons (Fsp3) is 0.462. The van der Waals surface area contributed by atoms with Crippen LogP contribution in [0.3, 0.4) is 0 Å². The van der Waals surface area contributed by atoms with Gasteiger partial charge in [0.25, 0.3) is 5.69 Å². The number of benzene rings is 1. The predicted molar refractivity (Wildman–Crippen MR) is 75.8 cm³/mol. The zero-order chi connectivity index (χ0) is 15.5. The average molecular weight is 301 g/mol. The number of nitro benzene ring substituents is 1. The van der Waals surface area contributed by atoms with Gasteiger partial charge in [-0.1, -0.05) is 17.7 Å². The Kier molecular flexibility index (Phi) is 4.94. The molecule has 0 N–H and O–H groups in total. The minimum Gasteiger partial charge on any atom is -0.444 e. The zero-order valence-corrected chi connectivity index (χ0v) is 12.6. The molecular formula is C13H17ClN2O4. The van der Waals surface area contributed by atoms with Crippen molar-refractivity contribution in [2.24, 2.45) is 0 Å². The SMILES string of the molecule is CN(Cc1c(Cl)cccc1[N+](=O)[O-])C(=O)OC(C)(C)C. The van der Waals surface area contributed by atoms with E-state index in [9.17, 15) is 14.9 Å². The van der Waals surface area contributed by atoms with Gasteiger partial charge < -0.3 is 9.64 Å². The highest BCUT2D eigenvalue weighted by Gasteiger charge is 2.23. The summed E-state index contributed by atoms with van der Waals surface area (Å²) in [6, 6.07) is 4.40. The fourth-order valence-corrected chi connectivity index (χ4v) is 1.75. The summed E-state index contributed by atoms with van der Waals surface area (Å²) in [6.07, 6.45) is -0.563. The second-order valence-corrected chi connectivity index (χ2v) is 5.74. The molecule has 0 saturated heterocycles. The van der Waals surface area contributed by atoms with Gasteiger partial charge in [0.1, 0.15) is 5.60 Å². The molecule has 7 heteroatoms. The van der Waals surface area contributed by atoms with Crippen molar-refractivity contribution >= 4 is 23.4 Å². The molecule has 1 aromatic carbocycles.